The second-order valence-electron chi connectivity index (χ2n) is 35.7. The van der Waals surface area contributed by atoms with Crippen LogP contribution in [0.15, 0.2) is 0 Å². The van der Waals surface area contributed by atoms with Gasteiger partial charge in [-0.1, -0.05) is 5.21 Å². The standard InChI is InChI=1S/C15H22N2.3C13H19N3.3C11H16N4.C9H13N5/c1-8(2)17-13(7)16-14-11(5)9(3)10(4)12(6)15(14)17;1-7(2)16-10(5)8(3)12-9(4)14-11(6)15-13(12)16;1-7(2)16-11(6)15-12-10(5)14-9(4)8(3)13(12)16;1-7(2)16-11(6)15-12-9(4)8(3)10(5)14-13(12)16;1-6(2)15-9(5)14-10-7(3)12-8(4)13-11(10)15;1-6(2)15-11-10(8(4)14-15)7(3)12-9(5)13-11;1-6(2)15-9(5)14-10-11(15)13-8(4)7(3)12-10;1-5(2)14-9-8(12-13-14)6(3)10-7(4)11-9/h8H,1-7H3;3*7H,1-6H3;3*6H,1-5H3;5H,1-4H3. The SMILES string of the molecule is Cc1c(C)c(C)c2c(nc(C)n2C(C)C)c1C.Cc1nc(C)c2c(C)c(C)n(C(C)C)c2n1.Cc1nc(C)c2c(C)nn(C(C)C)c2n1.Cc1nc(C)c2nc(C)n(C(C)C)c2c1C.Cc1nc(C)c2nc(C)n(C(C)C)c2n1.Cc1nc(C)c2nnn(C(C)C)c2n1.Cc1nc2c(nc(C)n2C(C)C)c(C)c1C.Cc1nc2nc(C)n(C(C)C)c2nc1C. The van der Waals surface area contributed by atoms with Gasteiger partial charge in [0.15, 0.2) is 39.4 Å². The summed E-state index contributed by atoms with van der Waals surface area (Å²) in [7, 11) is 0. The van der Waals surface area contributed by atoms with Crippen LogP contribution in [-0.2, 0) is 0 Å². The number of aromatic nitrogens is 28. The van der Waals surface area contributed by atoms with E-state index in [2.05, 4.69) is 330 Å². The first-order valence-corrected chi connectivity index (χ1v) is 43.8. The number of benzene rings is 1. The van der Waals surface area contributed by atoms with Gasteiger partial charge in [0.1, 0.15) is 74.6 Å². The van der Waals surface area contributed by atoms with Crippen molar-refractivity contribution in [2.45, 2.75) is 353 Å². The van der Waals surface area contributed by atoms with Crippen LogP contribution in [0.5, 0.6) is 0 Å². The summed E-state index contributed by atoms with van der Waals surface area (Å²) in [5, 5.41) is 14.9. The van der Waals surface area contributed by atoms with E-state index >= 15 is 0 Å². The first-order valence-electron chi connectivity index (χ1n) is 43.8. The summed E-state index contributed by atoms with van der Waals surface area (Å²) in [6, 6.07) is 3.08. The molecule has 0 fully saturated rings. The van der Waals surface area contributed by atoms with Crippen LogP contribution in [0.3, 0.4) is 0 Å². The summed E-state index contributed by atoms with van der Waals surface area (Å²) in [5.74, 6) is 8.44. The number of imidazole rings is 5. The maximum absolute atomic E-state index is 4.76. The second-order valence-corrected chi connectivity index (χ2v) is 35.7. The molecule has 28 heteroatoms. The molecule has 28 nitrogen and oxygen atoms in total. The molecular weight excluding hydrogens is 1550 g/mol. The van der Waals surface area contributed by atoms with Crippen molar-refractivity contribution >= 4 is 88.9 Å². The Morgan fingerprint density at radius 1 is 0.194 bits per heavy atom. The Labute approximate surface area is 734 Å². The molecule has 0 saturated carbocycles. The molecule has 15 aromatic heterocycles. The lowest BCUT2D eigenvalue weighted by molar-refractivity contribution is 0.526. The maximum atomic E-state index is 4.76. The average Bonchev–Trinajstić information content (AvgIpc) is 1.56. The van der Waals surface area contributed by atoms with Gasteiger partial charge in [-0.3, -0.25) is 4.98 Å². The van der Waals surface area contributed by atoms with E-state index in [1.807, 2.05) is 106 Å². The molecule has 0 atom stereocenters. The molecule has 1 aromatic carbocycles. The predicted molar refractivity (Wildman–Crippen MR) is 507 cm³/mol. The van der Waals surface area contributed by atoms with Crippen molar-refractivity contribution in [3.8, 4) is 0 Å². The molecule has 0 N–H and O–H groups in total. The van der Waals surface area contributed by atoms with E-state index in [9.17, 15) is 0 Å². The molecule has 16 aromatic rings. The van der Waals surface area contributed by atoms with Gasteiger partial charge in [0.25, 0.3) is 0 Å². The third-order valence-corrected chi connectivity index (χ3v) is 23.5. The fourth-order valence-electron chi connectivity index (χ4n) is 16.8. The van der Waals surface area contributed by atoms with Crippen molar-refractivity contribution in [3.05, 3.63) is 160 Å². The van der Waals surface area contributed by atoms with Gasteiger partial charge in [-0.15, -0.1) is 5.10 Å². The third kappa shape index (κ3) is 19.4. The molecule has 664 valence electrons. The van der Waals surface area contributed by atoms with Crippen LogP contribution in [0.1, 0.15) is 319 Å². The third-order valence-electron chi connectivity index (χ3n) is 23.5. The fraction of sp³-hybridized carbons (Fsp3) is 0.542. The Hall–Kier alpha value is -11.3. The minimum absolute atomic E-state index is 0.272. The van der Waals surface area contributed by atoms with Gasteiger partial charge in [-0.05, 0) is 349 Å². The summed E-state index contributed by atoms with van der Waals surface area (Å²) in [4.78, 5) is 76.5. The molecule has 15 heterocycles. The molecule has 0 radical (unpaired) electrons. The normalized spacial score (nSPS) is 11.6. The molecule has 0 aliphatic carbocycles. The van der Waals surface area contributed by atoms with E-state index in [1.165, 1.54) is 72.1 Å². The molecular formula is C96H140N28. The quantitative estimate of drug-likeness (QED) is 0.136. The highest BCUT2D eigenvalue weighted by atomic mass is 15.5. The van der Waals surface area contributed by atoms with Gasteiger partial charge < -0.3 is 27.4 Å². The summed E-state index contributed by atoms with van der Waals surface area (Å²) in [6.45, 7) is 91.9. The van der Waals surface area contributed by atoms with Gasteiger partial charge in [-0.2, -0.15) is 5.10 Å². The van der Waals surface area contributed by atoms with E-state index in [0.29, 0.717) is 42.3 Å². The summed E-state index contributed by atoms with van der Waals surface area (Å²) >= 11 is 0. The Bertz CT molecular complexity index is 6600. The van der Waals surface area contributed by atoms with E-state index in [1.54, 1.807) is 0 Å². The van der Waals surface area contributed by atoms with Crippen molar-refractivity contribution in [1.29, 1.82) is 0 Å². The smallest absolute Gasteiger partial charge is 0.197 e. The number of fused-ring (bicyclic) bond motifs is 8. The zero-order valence-corrected chi connectivity index (χ0v) is 83.1. The van der Waals surface area contributed by atoms with Gasteiger partial charge in [0, 0.05) is 64.8 Å². The lowest BCUT2D eigenvalue weighted by Crippen LogP contribution is -2.05. The summed E-state index contributed by atoms with van der Waals surface area (Å²) < 4.78 is 17.2. The topological polar surface area (TPSA) is 297 Å². The van der Waals surface area contributed by atoms with Gasteiger partial charge in [0.2, 0.25) is 0 Å². The monoisotopic (exact) mass is 1690 g/mol. The first kappa shape index (κ1) is 96.5. The summed E-state index contributed by atoms with van der Waals surface area (Å²) in [5.41, 5.74) is 36.0. The van der Waals surface area contributed by atoms with Crippen molar-refractivity contribution < 1.29 is 0 Å². The van der Waals surface area contributed by atoms with Crippen molar-refractivity contribution in [2.75, 3.05) is 0 Å². The number of hydrogen-bond donors (Lipinski definition) is 0. The molecule has 0 aliphatic heterocycles. The van der Waals surface area contributed by atoms with Crippen LogP contribution in [0.2, 0.25) is 0 Å². The fourth-order valence-corrected chi connectivity index (χ4v) is 16.8. The van der Waals surface area contributed by atoms with Crippen LogP contribution in [-0.4, -0.2) is 137 Å². The van der Waals surface area contributed by atoms with E-state index in [4.69, 9.17) is 4.98 Å². The first-order chi connectivity index (χ1) is 57.8. The Kier molecular flexibility index (Phi) is 29.9. The highest BCUT2D eigenvalue weighted by molar-refractivity contribution is 5.87. The molecule has 0 bridgehead atoms. The lowest BCUT2D eigenvalue weighted by Gasteiger charge is -2.15. The van der Waals surface area contributed by atoms with Crippen LogP contribution in [0.25, 0.3) is 88.9 Å². The number of nitrogens with zero attached hydrogens (tertiary/aromatic N) is 28. The second kappa shape index (κ2) is 38.4. The molecule has 0 amide bonds. The Balaban J connectivity index is 0.000000161. The predicted octanol–water partition coefficient (Wildman–Crippen LogP) is 22.3. The maximum Gasteiger partial charge on any atom is 0.197 e. The summed E-state index contributed by atoms with van der Waals surface area (Å²) in [6.07, 6.45) is 0. The molecule has 124 heavy (non-hydrogen) atoms. The largest absolute Gasteiger partial charge is 0.327 e. The molecule has 0 unspecified atom stereocenters. The zero-order chi connectivity index (χ0) is 92.8. The van der Waals surface area contributed by atoms with Crippen molar-refractivity contribution in [2.24, 2.45) is 0 Å². The van der Waals surface area contributed by atoms with E-state index in [-0.39, 0.29) is 6.04 Å². The number of pyridine rings is 2. The number of rotatable bonds is 8. The van der Waals surface area contributed by atoms with Crippen LogP contribution in [0.4, 0.5) is 0 Å². The highest BCUT2D eigenvalue weighted by Gasteiger charge is 2.24. The highest BCUT2D eigenvalue weighted by Crippen LogP contribution is 2.35. The van der Waals surface area contributed by atoms with Gasteiger partial charge in [-0.25, -0.2) is 89.1 Å². The van der Waals surface area contributed by atoms with Gasteiger partial charge >= 0.3 is 0 Å². The minimum atomic E-state index is 0.272. The minimum Gasteiger partial charge on any atom is -0.327 e. The molecule has 16 rings (SSSR count). The van der Waals surface area contributed by atoms with Crippen LogP contribution < -0.4 is 0 Å². The zero-order valence-electron chi connectivity index (χ0n) is 83.1. The molecule has 0 aliphatic rings. The van der Waals surface area contributed by atoms with Crippen LogP contribution in [0, 0.1) is 194 Å². The average molecular weight is 1690 g/mol. The van der Waals surface area contributed by atoms with E-state index in [0.717, 1.165) is 176 Å². The number of aryl methyl sites for hydroxylation is 24. The van der Waals surface area contributed by atoms with E-state index < -0.39 is 0 Å². The molecule has 0 saturated heterocycles. The van der Waals surface area contributed by atoms with Crippen molar-refractivity contribution in [1.82, 2.24) is 137 Å². The van der Waals surface area contributed by atoms with Crippen LogP contribution >= 0.6 is 0 Å². The van der Waals surface area contributed by atoms with Gasteiger partial charge in [0.05, 0.1) is 73.5 Å². The Morgan fingerprint density at radius 2 is 0.556 bits per heavy atom. The number of hydrogen-bond acceptors (Lipinski definition) is 20. The lowest BCUT2D eigenvalue weighted by atomic mass is 9.97. The Morgan fingerprint density at radius 3 is 1.06 bits per heavy atom. The van der Waals surface area contributed by atoms with Crippen molar-refractivity contribution in [3.63, 3.8) is 0 Å². The molecule has 0 spiro atoms.